The molecule has 0 aliphatic carbocycles. The minimum absolute atomic E-state index is 0.0197. The summed E-state index contributed by atoms with van der Waals surface area (Å²) in [6.07, 6.45) is 0. The van der Waals surface area contributed by atoms with Crippen molar-refractivity contribution in [2.45, 2.75) is 91.3 Å². The van der Waals surface area contributed by atoms with Crippen molar-refractivity contribution in [1.82, 2.24) is 0 Å². The Balaban J connectivity index is 1.74. The predicted molar refractivity (Wildman–Crippen MR) is 150 cm³/mol. The Labute approximate surface area is 213 Å². The summed E-state index contributed by atoms with van der Waals surface area (Å²) in [5, 5.41) is 0. The van der Waals surface area contributed by atoms with Crippen LogP contribution in [0.4, 0.5) is 0 Å². The lowest BCUT2D eigenvalue weighted by Gasteiger charge is -2.32. The van der Waals surface area contributed by atoms with E-state index < -0.39 is 0 Å². The second-order valence-corrected chi connectivity index (χ2v) is 13.0. The molecule has 35 heavy (non-hydrogen) atoms. The molecule has 0 N–H and O–H groups in total. The molecule has 1 fully saturated rings. The molecule has 0 bridgehead atoms. The zero-order valence-electron chi connectivity index (χ0n) is 23.2. The van der Waals surface area contributed by atoms with Gasteiger partial charge in [0.2, 0.25) is 0 Å². The van der Waals surface area contributed by atoms with E-state index in [1.165, 1.54) is 33.4 Å². The van der Waals surface area contributed by atoms with Crippen LogP contribution in [-0.2, 0) is 20.1 Å². The van der Waals surface area contributed by atoms with Crippen LogP contribution in [0.1, 0.15) is 80.4 Å². The lowest BCUT2D eigenvalue weighted by Crippen LogP contribution is -2.41. The molecule has 1 saturated heterocycles. The molecule has 0 spiro atoms. The van der Waals surface area contributed by atoms with Crippen molar-refractivity contribution in [3.8, 4) is 22.3 Å². The lowest BCUT2D eigenvalue weighted by atomic mass is 9.69. The molecular formula is C32H41BO2. The zero-order valence-corrected chi connectivity index (χ0v) is 23.2. The summed E-state index contributed by atoms with van der Waals surface area (Å²) in [6.45, 7) is 22.0. The van der Waals surface area contributed by atoms with Crippen LogP contribution in [0, 0.1) is 0 Å². The van der Waals surface area contributed by atoms with E-state index in [4.69, 9.17) is 9.31 Å². The Morgan fingerprint density at radius 1 is 0.571 bits per heavy atom. The minimum atomic E-state index is -0.387. The van der Waals surface area contributed by atoms with Crippen LogP contribution in [0.3, 0.4) is 0 Å². The Bertz CT molecular complexity index is 1190. The normalized spacial score (nSPS) is 17.6. The highest BCUT2D eigenvalue weighted by Gasteiger charge is 2.52. The minimum Gasteiger partial charge on any atom is -0.399 e. The fraction of sp³-hybridized carbons (Fsp3) is 0.438. The Morgan fingerprint density at radius 2 is 1.06 bits per heavy atom. The molecule has 1 aliphatic rings. The third-order valence-electron chi connectivity index (χ3n) is 7.65. The maximum Gasteiger partial charge on any atom is 0.495 e. The van der Waals surface area contributed by atoms with Gasteiger partial charge in [-0.2, -0.15) is 0 Å². The van der Waals surface area contributed by atoms with Gasteiger partial charge in [0.15, 0.2) is 0 Å². The monoisotopic (exact) mass is 468 g/mol. The highest BCUT2D eigenvalue weighted by Crippen LogP contribution is 2.38. The first-order chi connectivity index (χ1) is 16.1. The van der Waals surface area contributed by atoms with Crippen LogP contribution in [-0.4, -0.2) is 18.3 Å². The summed E-state index contributed by atoms with van der Waals surface area (Å²) in [7, 11) is -0.387. The zero-order chi connectivity index (χ0) is 25.8. The van der Waals surface area contributed by atoms with Gasteiger partial charge < -0.3 is 9.31 Å². The number of rotatable bonds is 3. The largest absolute Gasteiger partial charge is 0.495 e. The van der Waals surface area contributed by atoms with Crippen LogP contribution in [0.15, 0.2) is 66.7 Å². The standard InChI is InChI=1S/C32H41BO2/c1-29(2,3)26-17-14-22(15-18-26)23-12-11-13-24(20-23)25-16-19-27(30(4,5)6)28(21-25)33-34-31(7,8)32(9,10)35-33/h11-21H,1-10H3. The van der Waals surface area contributed by atoms with E-state index in [2.05, 4.69) is 136 Å². The van der Waals surface area contributed by atoms with Crippen molar-refractivity contribution >= 4 is 12.6 Å². The quantitative estimate of drug-likeness (QED) is 0.364. The Morgan fingerprint density at radius 3 is 1.57 bits per heavy atom. The van der Waals surface area contributed by atoms with E-state index in [-0.39, 0.29) is 29.2 Å². The molecule has 3 aromatic carbocycles. The number of hydrogen-bond donors (Lipinski definition) is 0. The van der Waals surface area contributed by atoms with Gasteiger partial charge in [-0.15, -0.1) is 0 Å². The average molecular weight is 468 g/mol. The van der Waals surface area contributed by atoms with E-state index in [1.54, 1.807) is 0 Å². The molecule has 1 aliphatic heterocycles. The van der Waals surface area contributed by atoms with Crippen molar-refractivity contribution < 1.29 is 9.31 Å². The lowest BCUT2D eigenvalue weighted by molar-refractivity contribution is 0.00578. The van der Waals surface area contributed by atoms with Gasteiger partial charge in [-0.3, -0.25) is 0 Å². The van der Waals surface area contributed by atoms with Crippen molar-refractivity contribution in [3.05, 3.63) is 77.9 Å². The molecule has 4 rings (SSSR count). The summed E-state index contributed by atoms with van der Waals surface area (Å²) < 4.78 is 13.0. The maximum atomic E-state index is 6.49. The van der Waals surface area contributed by atoms with Gasteiger partial charge in [-0.05, 0) is 83.4 Å². The number of benzene rings is 3. The van der Waals surface area contributed by atoms with Gasteiger partial charge in [-0.1, -0.05) is 102 Å². The average Bonchev–Trinajstić information content (AvgIpc) is 2.99. The van der Waals surface area contributed by atoms with Crippen molar-refractivity contribution in [2.75, 3.05) is 0 Å². The maximum absolute atomic E-state index is 6.49. The molecule has 3 aromatic rings. The van der Waals surface area contributed by atoms with Gasteiger partial charge in [0.05, 0.1) is 11.2 Å². The second-order valence-electron chi connectivity index (χ2n) is 13.0. The summed E-state index contributed by atoms with van der Waals surface area (Å²) in [6, 6.07) is 24.5. The number of hydrogen-bond acceptors (Lipinski definition) is 2. The Hall–Kier alpha value is -2.36. The highest BCUT2D eigenvalue weighted by atomic mass is 16.7. The third-order valence-corrected chi connectivity index (χ3v) is 7.65. The molecule has 0 aromatic heterocycles. The molecular weight excluding hydrogens is 427 g/mol. The van der Waals surface area contributed by atoms with E-state index in [0.29, 0.717) is 0 Å². The molecule has 0 radical (unpaired) electrons. The van der Waals surface area contributed by atoms with Gasteiger partial charge in [0, 0.05) is 0 Å². The SMILES string of the molecule is CC(C)(C)c1ccc(-c2cccc(-c3ccc(C(C)(C)C)c(B4OC(C)(C)C(C)(C)O4)c3)c2)cc1. The Kier molecular flexibility index (Phi) is 6.35. The fourth-order valence-corrected chi connectivity index (χ4v) is 4.63. The topological polar surface area (TPSA) is 18.5 Å². The predicted octanol–water partition coefficient (Wildman–Crippen LogP) is 7.91. The molecule has 184 valence electrons. The van der Waals surface area contributed by atoms with Gasteiger partial charge in [-0.25, -0.2) is 0 Å². The van der Waals surface area contributed by atoms with Crippen LogP contribution in [0.2, 0.25) is 0 Å². The van der Waals surface area contributed by atoms with Crippen LogP contribution < -0.4 is 5.46 Å². The third kappa shape index (κ3) is 5.13. The van der Waals surface area contributed by atoms with E-state index in [0.717, 1.165) is 5.46 Å². The van der Waals surface area contributed by atoms with Crippen molar-refractivity contribution in [2.24, 2.45) is 0 Å². The fourth-order valence-electron chi connectivity index (χ4n) is 4.63. The van der Waals surface area contributed by atoms with Crippen molar-refractivity contribution in [3.63, 3.8) is 0 Å². The van der Waals surface area contributed by atoms with E-state index in [9.17, 15) is 0 Å². The highest BCUT2D eigenvalue weighted by molar-refractivity contribution is 6.62. The van der Waals surface area contributed by atoms with Crippen LogP contribution in [0.5, 0.6) is 0 Å². The van der Waals surface area contributed by atoms with Gasteiger partial charge in [0.1, 0.15) is 0 Å². The molecule has 1 heterocycles. The molecule has 0 unspecified atom stereocenters. The summed E-state index contributed by atoms with van der Waals surface area (Å²) in [5.41, 5.74) is 7.94. The first kappa shape index (κ1) is 25.7. The molecule has 2 nitrogen and oxygen atoms in total. The summed E-state index contributed by atoms with van der Waals surface area (Å²) in [5.74, 6) is 0. The van der Waals surface area contributed by atoms with Gasteiger partial charge in [0.25, 0.3) is 0 Å². The summed E-state index contributed by atoms with van der Waals surface area (Å²) >= 11 is 0. The first-order valence-electron chi connectivity index (χ1n) is 12.8. The first-order valence-corrected chi connectivity index (χ1v) is 12.8. The second kappa shape index (κ2) is 8.64. The van der Waals surface area contributed by atoms with Crippen molar-refractivity contribution in [1.29, 1.82) is 0 Å². The van der Waals surface area contributed by atoms with E-state index >= 15 is 0 Å². The van der Waals surface area contributed by atoms with E-state index in [1.807, 2.05) is 0 Å². The smallest absolute Gasteiger partial charge is 0.399 e. The molecule has 0 saturated carbocycles. The van der Waals surface area contributed by atoms with Crippen LogP contribution >= 0.6 is 0 Å². The van der Waals surface area contributed by atoms with Crippen LogP contribution in [0.25, 0.3) is 22.3 Å². The van der Waals surface area contributed by atoms with Gasteiger partial charge >= 0.3 is 7.12 Å². The molecule has 0 atom stereocenters. The summed E-state index contributed by atoms with van der Waals surface area (Å²) in [4.78, 5) is 0. The molecule has 3 heteroatoms. The molecule has 0 amide bonds.